The Bertz CT molecular complexity index is 666. The molecule has 0 spiro atoms. The Morgan fingerprint density at radius 1 is 0.857 bits per heavy atom. The van der Waals surface area contributed by atoms with Gasteiger partial charge < -0.3 is 0 Å². The number of unbranched alkanes of at least 4 members (excludes halogenated alkanes) is 12. The summed E-state index contributed by atoms with van der Waals surface area (Å²) in [5.41, 5.74) is 0.318. The first-order valence-electron chi connectivity index (χ1n) is 14.9. The molecule has 4 rings (SSSR count). The van der Waals surface area contributed by atoms with Gasteiger partial charge in [0.05, 0.1) is 0 Å². The van der Waals surface area contributed by atoms with Crippen LogP contribution in [0.25, 0.3) is 0 Å². The van der Waals surface area contributed by atoms with E-state index in [4.69, 9.17) is 9.47 Å². The van der Waals surface area contributed by atoms with E-state index in [9.17, 15) is 9.59 Å². The summed E-state index contributed by atoms with van der Waals surface area (Å²) < 4.78 is 10.4. The maximum absolute atomic E-state index is 12.5. The molecule has 0 aromatic carbocycles. The summed E-state index contributed by atoms with van der Waals surface area (Å²) >= 11 is 0. The first-order chi connectivity index (χ1) is 16.8. The molecule has 3 heterocycles. The number of nitrogens with one attached hydrogen (secondary N) is 1. The van der Waals surface area contributed by atoms with E-state index in [1.54, 1.807) is 0 Å². The summed E-state index contributed by atoms with van der Waals surface area (Å²) in [6.07, 6.45) is 24.2. The molecule has 1 N–H and O–H groups in total. The number of carbonyl (C=O) groups excluding carboxylic acids is 2. The Morgan fingerprint density at radius 3 is 2.03 bits per heavy atom. The van der Waals surface area contributed by atoms with Gasteiger partial charge in [-0.15, -0.1) is 0 Å². The fraction of sp³-hybridized carbons (Fsp3) is 0.931. The number of carbonyl (C=O) groups is 2. The number of hydrogen-bond acceptors (Lipinski definition) is 4. The summed E-state index contributed by atoms with van der Waals surface area (Å²) in [4.78, 5) is 24.5. The third-order valence-corrected chi connectivity index (χ3v) is 13.7. The third-order valence-electron chi connectivity index (χ3n) is 8.89. The molecule has 3 atom stereocenters. The van der Waals surface area contributed by atoms with Crippen molar-refractivity contribution in [2.45, 2.75) is 129 Å². The Hall–Kier alpha value is -0.830. The van der Waals surface area contributed by atoms with Gasteiger partial charge in [-0.05, 0) is 0 Å². The second-order valence-electron chi connectivity index (χ2n) is 13.1. The summed E-state index contributed by atoms with van der Waals surface area (Å²) in [7, 11) is -1.26. The molecular formula is C29H54NO4P. The molecule has 0 aromatic rings. The van der Waals surface area contributed by atoms with E-state index in [1.165, 1.54) is 95.5 Å². The second-order valence-corrected chi connectivity index (χ2v) is 17.8. The maximum atomic E-state index is 12.5. The van der Waals surface area contributed by atoms with Crippen LogP contribution in [-0.4, -0.2) is 49.5 Å². The van der Waals surface area contributed by atoms with Crippen LogP contribution in [0.5, 0.6) is 0 Å². The van der Waals surface area contributed by atoms with Gasteiger partial charge in [0, 0.05) is 0 Å². The quantitative estimate of drug-likeness (QED) is 0.0943. The fourth-order valence-corrected chi connectivity index (χ4v) is 14.8. The van der Waals surface area contributed by atoms with Gasteiger partial charge in [0.15, 0.2) is 0 Å². The van der Waals surface area contributed by atoms with Gasteiger partial charge in [0.2, 0.25) is 0 Å². The summed E-state index contributed by atoms with van der Waals surface area (Å²) in [6, 6.07) is 0. The Morgan fingerprint density at radius 2 is 1.46 bits per heavy atom. The number of rotatable bonds is 17. The van der Waals surface area contributed by atoms with Crippen molar-refractivity contribution in [2.24, 2.45) is 11.3 Å². The van der Waals surface area contributed by atoms with Crippen molar-refractivity contribution >= 4 is 19.3 Å². The summed E-state index contributed by atoms with van der Waals surface area (Å²) in [5, 5.41) is 3.23. The molecule has 1 aliphatic carbocycles. The van der Waals surface area contributed by atoms with Crippen molar-refractivity contribution in [1.82, 2.24) is 5.32 Å². The predicted octanol–water partition coefficient (Wildman–Crippen LogP) is 7.65. The predicted molar refractivity (Wildman–Crippen MR) is 148 cm³/mol. The summed E-state index contributed by atoms with van der Waals surface area (Å²) in [5.74, 6) is 0.509. The molecule has 204 valence electrons. The molecule has 5 nitrogen and oxygen atoms in total. The van der Waals surface area contributed by atoms with Gasteiger partial charge in [-0.25, -0.2) is 0 Å². The molecule has 3 unspecified atom stereocenters. The van der Waals surface area contributed by atoms with Gasteiger partial charge in [-0.2, -0.15) is 0 Å². The van der Waals surface area contributed by atoms with Crippen molar-refractivity contribution < 1.29 is 19.1 Å². The SMILES string of the molecule is CCCCCCCCCCCCCCCC(=O)OCOC(=O)NC12CC3CC(C)(C1)C[PH](C)(C3)C2. The van der Waals surface area contributed by atoms with Gasteiger partial charge in [0.25, 0.3) is 0 Å². The van der Waals surface area contributed by atoms with E-state index >= 15 is 0 Å². The van der Waals surface area contributed by atoms with Crippen molar-refractivity contribution in [3.05, 3.63) is 0 Å². The molecule has 1 saturated carbocycles. The average Bonchev–Trinajstić information content (AvgIpc) is 2.74. The molecule has 35 heavy (non-hydrogen) atoms. The first kappa shape index (κ1) is 28.7. The van der Waals surface area contributed by atoms with Crippen molar-refractivity contribution in [3.63, 3.8) is 0 Å². The van der Waals surface area contributed by atoms with Crippen LogP contribution >= 0.6 is 7.26 Å². The van der Waals surface area contributed by atoms with E-state index in [-0.39, 0.29) is 18.3 Å². The number of amides is 1. The molecule has 4 aliphatic rings. The van der Waals surface area contributed by atoms with E-state index in [1.807, 2.05) is 0 Å². The van der Waals surface area contributed by atoms with Crippen molar-refractivity contribution in [1.29, 1.82) is 0 Å². The van der Waals surface area contributed by atoms with E-state index in [2.05, 4.69) is 25.8 Å². The van der Waals surface area contributed by atoms with E-state index < -0.39 is 13.4 Å². The Labute approximate surface area is 215 Å². The molecular weight excluding hydrogens is 457 g/mol. The van der Waals surface area contributed by atoms with Gasteiger partial charge in [0.1, 0.15) is 0 Å². The molecule has 3 aliphatic heterocycles. The van der Waals surface area contributed by atoms with Crippen LogP contribution in [-0.2, 0) is 14.3 Å². The zero-order chi connectivity index (χ0) is 25.2. The number of hydrogen-bond donors (Lipinski definition) is 1. The van der Waals surface area contributed by atoms with Gasteiger partial charge >= 0.3 is 144 Å². The molecule has 1 amide bonds. The molecule has 4 fully saturated rings. The molecule has 6 heteroatoms. The van der Waals surface area contributed by atoms with E-state index in [0.29, 0.717) is 11.8 Å². The van der Waals surface area contributed by atoms with Crippen LogP contribution < -0.4 is 5.32 Å². The van der Waals surface area contributed by atoms with Gasteiger partial charge in [-0.3, -0.25) is 0 Å². The van der Waals surface area contributed by atoms with Crippen LogP contribution in [0.2, 0.25) is 0 Å². The van der Waals surface area contributed by atoms with Gasteiger partial charge in [-0.1, -0.05) is 71.1 Å². The third kappa shape index (κ3) is 9.52. The monoisotopic (exact) mass is 511 g/mol. The van der Waals surface area contributed by atoms with Crippen LogP contribution in [0, 0.1) is 11.3 Å². The van der Waals surface area contributed by atoms with E-state index in [0.717, 1.165) is 31.6 Å². The minimum atomic E-state index is -1.26. The Kier molecular flexibility index (Phi) is 11.2. The van der Waals surface area contributed by atoms with Crippen molar-refractivity contribution in [2.75, 3.05) is 31.9 Å². The zero-order valence-electron chi connectivity index (χ0n) is 23.1. The number of esters is 1. The Balaban J connectivity index is 1.16. The average molecular weight is 512 g/mol. The van der Waals surface area contributed by atoms with Crippen molar-refractivity contribution in [3.8, 4) is 0 Å². The van der Waals surface area contributed by atoms with Crippen LogP contribution in [0.15, 0.2) is 0 Å². The molecule has 4 bridgehead atoms. The van der Waals surface area contributed by atoms with Crippen LogP contribution in [0.4, 0.5) is 4.79 Å². The first-order valence-corrected chi connectivity index (χ1v) is 18.0. The summed E-state index contributed by atoms with van der Waals surface area (Å²) in [6.45, 7) is 6.94. The number of alkyl carbamates (subject to hydrolysis) is 1. The molecule has 3 saturated heterocycles. The minimum absolute atomic E-state index is 0.0785. The topological polar surface area (TPSA) is 64.6 Å². The molecule has 0 aromatic heterocycles. The fourth-order valence-electron chi connectivity index (χ4n) is 8.35. The second kappa shape index (κ2) is 13.6. The standard InChI is InChI=1S/C29H54NO4P/c1-4-5-6-7-8-9-10-11-12-13-14-15-16-17-26(31)33-24-34-27(32)30-29-19-25-18-28(2,21-29)22-35(3,20-25)23-29/h25,35H,4-24H2,1-3H3,(H,30,32). The normalized spacial score (nSPS) is 29.1. The van der Waals surface area contributed by atoms with Crippen LogP contribution in [0.1, 0.15) is 123 Å². The number of ether oxygens (including phenoxy) is 2. The molecule has 0 radical (unpaired) electrons. The van der Waals surface area contributed by atoms with Crippen LogP contribution in [0.3, 0.4) is 0 Å². The zero-order valence-corrected chi connectivity index (χ0v) is 24.1.